The second kappa shape index (κ2) is 11.6. The molecule has 2 N–H and O–H groups in total. The van der Waals surface area contributed by atoms with E-state index in [1.807, 2.05) is 18.2 Å². The SMILES string of the molecule is CCCCOc1ccc(C(NC(=O)c2ccccc2)NC(=O)c2ccccc2)cc1OC. The van der Waals surface area contributed by atoms with Gasteiger partial charge >= 0.3 is 0 Å². The predicted octanol–water partition coefficient (Wildman–Crippen LogP) is 4.73. The van der Waals surface area contributed by atoms with Crippen LogP contribution in [0.25, 0.3) is 0 Å². The fourth-order valence-electron chi connectivity index (χ4n) is 3.12. The van der Waals surface area contributed by atoms with Crippen LogP contribution in [-0.4, -0.2) is 25.5 Å². The van der Waals surface area contributed by atoms with Crippen molar-refractivity contribution in [3.63, 3.8) is 0 Å². The average molecular weight is 433 g/mol. The van der Waals surface area contributed by atoms with E-state index in [4.69, 9.17) is 9.47 Å². The smallest absolute Gasteiger partial charge is 0.253 e. The van der Waals surface area contributed by atoms with Gasteiger partial charge in [-0.1, -0.05) is 55.8 Å². The van der Waals surface area contributed by atoms with Gasteiger partial charge in [-0.2, -0.15) is 0 Å². The molecule has 0 aliphatic heterocycles. The average Bonchev–Trinajstić information content (AvgIpc) is 2.85. The summed E-state index contributed by atoms with van der Waals surface area (Å²) in [5.41, 5.74) is 1.66. The number of rotatable bonds is 10. The Morgan fingerprint density at radius 2 is 1.38 bits per heavy atom. The largest absolute Gasteiger partial charge is 0.493 e. The molecule has 0 heterocycles. The van der Waals surface area contributed by atoms with Gasteiger partial charge in [0.25, 0.3) is 11.8 Å². The van der Waals surface area contributed by atoms with Gasteiger partial charge in [-0.25, -0.2) is 0 Å². The first-order valence-electron chi connectivity index (χ1n) is 10.6. The molecule has 0 saturated heterocycles. The monoisotopic (exact) mass is 432 g/mol. The summed E-state index contributed by atoms with van der Waals surface area (Å²) in [7, 11) is 1.56. The standard InChI is InChI=1S/C26H28N2O4/c1-3-4-17-32-22-16-15-21(18-23(22)31-2)24(27-25(29)19-11-7-5-8-12-19)28-26(30)20-13-9-6-10-14-20/h5-16,18,24H,3-4,17H2,1-2H3,(H,27,29)(H,28,30). The number of carbonyl (C=O) groups excluding carboxylic acids is 2. The van der Waals surface area contributed by atoms with Gasteiger partial charge in [0.1, 0.15) is 6.17 Å². The van der Waals surface area contributed by atoms with E-state index in [0.717, 1.165) is 12.8 Å². The van der Waals surface area contributed by atoms with Gasteiger partial charge in [-0.15, -0.1) is 0 Å². The Balaban J connectivity index is 1.87. The van der Waals surface area contributed by atoms with Gasteiger partial charge in [0, 0.05) is 11.1 Å². The Hall–Kier alpha value is -3.80. The third-order valence-corrected chi connectivity index (χ3v) is 4.90. The van der Waals surface area contributed by atoms with Crippen LogP contribution in [0.5, 0.6) is 11.5 Å². The van der Waals surface area contributed by atoms with Crippen LogP contribution in [-0.2, 0) is 0 Å². The number of amides is 2. The summed E-state index contributed by atoms with van der Waals surface area (Å²) >= 11 is 0. The van der Waals surface area contributed by atoms with Crippen LogP contribution >= 0.6 is 0 Å². The zero-order chi connectivity index (χ0) is 22.8. The van der Waals surface area contributed by atoms with Crippen molar-refractivity contribution in [3.05, 3.63) is 95.6 Å². The third kappa shape index (κ3) is 6.11. The molecule has 2 amide bonds. The number of nitrogens with one attached hydrogen (secondary N) is 2. The zero-order valence-corrected chi connectivity index (χ0v) is 18.3. The maximum atomic E-state index is 12.8. The zero-order valence-electron chi connectivity index (χ0n) is 18.3. The van der Waals surface area contributed by atoms with Gasteiger partial charge in [0.2, 0.25) is 0 Å². The molecule has 0 aliphatic carbocycles. The summed E-state index contributed by atoms with van der Waals surface area (Å²) in [5, 5.41) is 5.81. The van der Waals surface area contributed by atoms with Crippen molar-refractivity contribution in [1.29, 1.82) is 0 Å². The van der Waals surface area contributed by atoms with Crippen molar-refractivity contribution in [3.8, 4) is 11.5 Å². The van der Waals surface area contributed by atoms with Gasteiger partial charge in [-0.05, 0) is 48.4 Å². The van der Waals surface area contributed by atoms with E-state index in [0.29, 0.717) is 34.8 Å². The highest BCUT2D eigenvalue weighted by Gasteiger charge is 2.20. The maximum Gasteiger partial charge on any atom is 0.253 e. The first kappa shape index (κ1) is 22.9. The van der Waals surface area contributed by atoms with Crippen LogP contribution in [0, 0.1) is 0 Å². The van der Waals surface area contributed by atoms with E-state index in [1.165, 1.54) is 0 Å². The number of carbonyl (C=O) groups is 2. The summed E-state index contributed by atoms with van der Waals surface area (Å²) in [4.78, 5) is 25.6. The van der Waals surface area contributed by atoms with Crippen molar-refractivity contribution in [2.75, 3.05) is 13.7 Å². The molecule has 0 unspecified atom stereocenters. The Morgan fingerprint density at radius 3 is 1.88 bits per heavy atom. The molecule has 0 atom stereocenters. The lowest BCUT2D eigenvalue weighted by molar-refractivity contribution is 0.0883. The molecule has 0 bridgehead atoms. The number of benzene rings is 3. The molecule has 32 heavy (non-hydrogen) atoms. The first-order valence-corrected chi connectivity index (χ1v) is 10.6. The second-order valence-electron chi connectivity index (χ2n) is 7.22. The van der Waals surface area contributed by atoms with Crippen LogP contribution in [0.4, 0.5) is 0 Å². The Labute approximate surface area is 188 Å². The van der Waals surface area contributed by atoms with E-state index in [-0.39, 0.29) is 11.8 Å². The predicted molar refractivity (Wildman–Crippen MR) is 124 cm³/mol. The Kier molecular flexibility index (Phi) is 8.26. The van der Waals surface area contributed by atoms with Crippen LogP contribution in [0.15, 0.2) is 78.9 Å². The summed E-state index contributed by atoms with van der Waals surface area (Å²) in [6, 6.07) is 23.1. The molecule has 0 saturated carbocycles. The Morgan fingerprint density at radius 1 is 0.812 bits per heavy atom. The summed E-state index contributed by atoms with van der Waals surface area (Å²) in [6.07, 6.45) is 1.20. The van der Waals surface area contributed by atoms with E-state index in [1.54, 1.807) is 67.8 Å². The normalized spacial score (nSPS) is 10.5. The summed E-state index contributed by atoms with van der Waals surface area (Å²) < 4.78 is 11.3. The molecule has 0 radical (unpaired) electrons. The number of unbranched alkanes of at least 4 members (excludes halogenated alkanes) is 1. The number of methoxy groups -OCH3 is 1. The Bertz CT molecular complexity index is 969. The third-order valence-electron chi connectivity index (χ3n) is 4.90. The lowest BCUT2D eigenvalue weighted by Gasteiger charge is -2.22. The molecule has 0 fully saturated rings. The minimum absolute atomic E-state index is 0.300. The quantitative estimate of drug-likeness (QED) is 0.359. The van der Waals surface area contributed by atoms with Crippen molar-refractivity contribution < 1.29 is 19.1 Å². The fourth-order valence-corrected chi connectivity index (χ4v) is 3.12. The highest BCUT2D eigenvalue weighted by Crippen LogP contribution is 2.30. The summed E-state index contributed by atoms with van der Waals surface area (Å²) in [6.45, 7) is 2.68. The highest BCUT2D eigenvalue weighted by molar-refractivity contribution is 5.96. The number of ether oxygens (including phenoxy) is 2. The molecule has 0 aromatic heterocycles. The molecule has 0 spiro atoms. The second-order valence-corrected chi connectivity index (χ2v) is 7.22. The van der Waals surface area contributed by atoms with Crippen molar-refractivity contribution in [2.45, 2.75) is 25.9 Å². The van der Waals surface area contributed by atoms with Crippen LogP contribution < -0.4 is 20.1 Å². The van der Waals surface area contributed by atoms with Crippen LogP contribution in [0.1, 0.15) is 52.2 Å². The van der Waals surface area contributed by atoms with Gasteiger partial charge < -0.3 is 20.1 Å². The molecule has 6 heteroatoms. The minimum Gasteiger partial charge on any atom is -0.493 e. The number of hydrogen-bond acceptors (Lipinski definition) is 4. The highest BCUT2D eigenvalue weighted by atomic mass is 16.5. The molecule has 3 rings (SSSR count). The van der Waals surface area contributed by atoms with Crippen molar-refractivity contribution in [2.24, 2.45) is 0 Å². The van der Waals surface area contributed by atoms with E-state index in [9.17, 15) is 9.59 Å². The van der Waals surface area contributed by atoms with Crippen molar-refractivity contribution >= 4 is 11.8 Å². The molecular weight excluding hydrogens is 404 g/mol. The number of hydrogen-bond donors (Lipinski definition) is 2. The topological polar surface area (TPSA) is 76.7 Å². The van der Waals surface area contributed by atoms with E-state index >= 15 is 0 Å². The molecule has 166 valence electrons. The lowest BCUT2D eigenvalue weighted by atomic mass is 10.1. The van der Waals surface area contributed by atoms with Crippen LogP contribution in [0.2, 0.25) is 0 Å². The molecule has 0 aliphatic rings. The van der Waals surface area contributed by atoms with Gasteiger partial charge in [0.05, 0.1) is 13.7 Å². The van der Waals surface area contributed by atoms with E-state index < -0.39 is 6.17 Å². The fraction of sp³-hybridized carbons (Fsp3) is 0.231. The minimum atomic E-state index is -0.769. The van der Waals surface area contributed by atoms with E-state index in [2.05, 4.69) is 17.6 Å². The summed E-state index contributed by atoms with van der Waals surface area (Å²) in [5.74, 6) is 0.552. The molecular formula is C26H28N2O4. The van der Waals surface area contributed by atoms with Gasteiger partial charge in [-0.3, -0.25) is 9.59 Å². The molecule has 3 aromatic rings. The first-order chi connectivity index (χ1) is 15.6. The van der Waals surface area contributed by atoms with Crippen molar-refractivity contribution in [1.82, 2.24) is 10.6 Å². The van der Waals surface area contributed by atoms with Gasteiger partial charge in [0.15, 0.2) is 11.5 Å². The molecule has 6 nitrogen and oxygen atoms in total. The lowest BCUT2D eigenvalue weighted by Crippen LogP contribution is -2.41. The molecule has 3 aromatic carbocycles. The van der Waals surface area contributed by atoms with Crippen LogP contribution in [0.3, 0.4) is 0 Å². The maximum absolute atomic E-state index is 12.8.